The van der Waals surface area contributed by atoms with Gasteiger partial charge in [0.05, 0.1) is 5.84 Å². The van der Waals surface area contributed by atoms with Crippen molar-refractivity contribution < 1.29 is 4.39 Å². The highest BCUT2D eigenvalue weighted by molar-refractivity contribution is 5.84. The van der Waals surface area contributed by atoms with E-state index in [1.54, 1.807) is 12.2 Å². The van der Waals surface area contributed by atoms with Crippen molar-refractivity contribution in [3.05, 3.63) is 24.1 Å². The van der Waals surface area contributed by atoms with E-state index in [1.165, 1.54) is 0 Å². The van der Waals surface area contributed by atoms with Crippen LogP contribution in [0.4, 0.5) is 4.39 Å². The first-order valence-electron chi connectivity index (χ1n) is 7.59. The van der Waals surface area contributed by atoms with Crippen LogP contribution in [0.3, 0.4) is 0 Å². The molecule has 0 aromatic rings. The molecule has 3 nitrogen and oxygen atoms in total. The van der Waals surface area contributed by atoms with Gasteiger partial charge in [-0.25, -0.2) is 4.39 Å². The number of halogens is 1. The number of hydrogen-bond acceptors (Lipinski definition) is 2. The van der Waals surface area contributed by atoms with E-state index in [2.05, 4.69) is 31.1 Å². The largest absolute Gasteiger partial charge is 0.367 e. The lowest BCUT2D eigenvalue weighted by atomic mass is 9.93. The fourth-order valence-electron chi connectivity index (χ4n) is 2.16. The molecular weight excluding hydrogens is 253 g/mol. The van der Waals surface area contributed by atoms with E-state index in [-0.39, 0.29) is 11.9 Å². The van der Waals surface area contributed by atoms with Crippen molar-refractivity contribution in [3.8, 4) is 0 Å². The van der Waals surface area contributed by atoms with Crippen molar-refractivity contribution in [2.24, 2.45) is 22.6 Å². The summed E-state index contributed by atoms with van der Waals surface area (Å²) in [5.41, 5.74) is 5.50. The van der Waals surface area contributed by atoms with Crippen LogP contribution >= 0.6 is 0 Å². The minimum atomic E-state index is -0.144. The topological polar surface area (TPSA) is 50.4 Å². The van der Waals surface area contributed by atoms with Crippen molar-refractivity contribution in [1.82, 2.24) is 5.32 Å². The van der Waals surface area contributed by atoms with Gasteiger partial charge in [-0.2, -0.15) is 0 Å². The lowest BCUT2D eigenvalue weighted by molar-refractivity contribution is 0.444. The van der Waals surface area contributed by atoms with Gasteiger partial charge in [-0.3, -0.25) is 4.99 Å². The Labute approximate surface area is 122 Å². The maximum absolute atomic E-state index is 13.4. The Balaban J connectivity index is 2.74. The van der Waals surface area contributed by atoms with Gasteiger partial charge in [0.2, 0.25) is 0 Å². The molecule has 0 saturated carbocycles. The third-order valence-electron chi connectivity index (χ3n) is 3.54. The number of hydrogen-bond donors (Lipinski definition) is 2. The van der Waals surface area contributed by atoms with Crippen LogP contribution in [-0.2, 0) is 0 Å². The van der Waals surface area contributed by atoms with Crippen LogP contribution in [-0.4, -0.2) is 25.0 Å². The molecule has 2 atom stereocenters. The molecule has 0 amide bonds. The van der Waals surface area contributed by atoms with Crippen LogP contribution in [0.15, 0.2) is 29.0 Å². The molecule has 1 rings (SSSR count). The molecule has 0 aromatic carbocycles. The van der Waals surface area contributed by atoms with Crippen molar-refractivity contribution in [1.29, 1.82) is 0 Å². The number of amidine groups is 1. The van der Waals surface area contributed by atoms with E-state index in [9.17, 15) is 4.39 Å². The monoisotopic (exact) mass is 281 g/mol. The highest BCUT2D eigenvalue weighted by Crippen LogP contribution is 2.18. The molecule has 0 fully saturated rings. The molecule has 0 heterocycles. The third kappa shape index (κ3) is 5.87. The van der Waals surface area contributed by atoms with E-state index in [4.69, 9.17) is 5.73 Å². The summed E-state index contributed by atoms with van der Waals surface area (Å²) in [6, 6.07) is 0.133. The molecule has 1 aliphatic rings. The second kappa shape index (κ2) is 8.90. The first-order chi connectivity index (χ1) is 9.54. The Morgan fingerprint density at radius 2 is 2.30 bits per heavy atom. The second-order valence-corrected chi connectivity index (χ2v) is 5.74. The minimum Gasteiger partial charge on any atom is -0.367 e. The summed E-state index contributed by atoms with van der Waals surface area (Å²) >= 11 is 0. The first kappa shape index (κ1) is 16.9. The Hall–Kier alpha value is -1.16. The molecule has 114 valence electrons. The summed E-state index contributed by atoms with van der Waals surface area (Å²) in [6.45, 7) is 7.83. The summed E-state index contributed by atoms with van der Waals surface area (Å²) in [5.74, 6) is 1.63. The first-order valence-corrected chi connectivity index (χ1v) is 7.59. The molecule has 0 spiro atoms. The Bertz CT molecular complexity index is 372. The van der Waals surface area contributed by atoms with Gasteiger partial charge in [0, 0.05) is 18.5 Å². The van der Waals surface area contributed by atoms with Crippen molar-refractivity contribution in [2.75, 3.05) is 13.1 Å². The van der Waals surface area contributed by atoms with Crippen LogP contribution < -0.4 is 11.1 Å². The minimum absolute atomic E-state index is 0.133. The zero-order valence-electron chi connectivity index (χ0n) is 12.9. The molecule has 0 aromatic heterocycles. The average Bonchev–Trinajstić information content (AvgIpc) is 2.39. The quantitative estimate of drug-likeness (QED) is 0.462. The number of allylic oxidation sites excluding steroid dienone is 3. The highest BCUT2D eigenvalue weighted by Gasteiger charge is 2.18. The van der Waals surface area contributed by atoms with Crippen LogP contribution in [0.5, 0.6) is 0 Å². The van der Waals surface area contributed by atoms with Gasteiger partial charge in [-0.1, -0.05) is 26.8 Å². The lowest BCUT2D eigenvalue weighted by Gasteiger charge is -2.26. The predicted molar refractivity (Wildman–Crippen MR) is 84.5 cm³/mol. The zero-order chi connectivity index (χ0) is 15.0. The second-order valence-electron chi connectivity index (χ2n) is 5.74. The third-order valence-corrected chi connectivity index (χ3v) is 3.54. The van der Waals surface area contributed by atoms with Gasteiger partial charge in [0.25, 0.3) is 0 Å². The summed E-state index contributed by atoms with van der Waals surface area (Å²) in [6.07, 6.45) is 7.79. The number of aliphatic imine (C=N–C) groups is 1. The van der Waals surface area contributed by atoms with E-state index >= 15 is 0 Å². The molecule has 0 aliphatic heterocycles. The van der Waals surface area contributed by atoms with Gasteiger partial charge in [-0.15, -0.1) is 0 Å². The summed E-state index contributed by atoms with van der Waals surface area (Å²) in [4.78, 5) is 4.60. The number of nitrogens with one attached hydrogen (secondary N) is 1. The Morgan fingerprint density at radius 3 is 2.95 bits per heavy atom. The number of nitrogens with zero attached hydrogens (tertiary/aromatic N) is 1. The molecule has 0 bridgehead atoms. The summed E-state index contributed by atoms with van der Waals surface area (Å²) < 4.78 is 13.4. The fourth-order valence-corrected chi connectivity index (χ4v) is 2.16. The zero-order valence-corrected chi connectivity index (χ0v) is 12.9. The van der Waals surface area contributed by atoms with Gasteiger partial charge < -0.3 is 11.1 Å². The SMILES string of the molecule is CC(C)/C(=N\CCCN)NC1/C=C\C(F)=CCC[C@@H]1C. The lowest BCUT2D eigenvalue weighted by Crippen LogP contribution is -2.40. The molecular formula is C16H28FN3. The number of rotatable bonds is 5. The Morgan fingerprint density at radius 1 is 1.55 bits per heavy atom. The van der Waals surface area contributed by atoms with Crippen LogP contribution in [0, 0.1) is 11.8 Å². The Kier molecular flexibility index (Phi) is 7.52. The molecule has 1 aliphatic carbocycles. The molecule has 4 heteroatoms. The maximum atomic E-state index is 13.4. The van der Waals surface area contributed by atoms with Crippen molar-refractivity contribution in [2.45, 2.75) is 46.1 Å². The van der Waals surface area contributed by atoms with Crippen LogP contribution in [0.2, 0.25) is 0 Å². The molecule has 0 radical (unpaired) electrons. The average molecular weight is 281 g/mol. The van der Waals surface area contributed by atoms with Gasteiger partial charge >= 0.3 is 0 Å². The summed E-state index contributed by atoms with van der Waals surface area (Å²) in [5, 5.41) is 3.48. The van der Waals surface area contributed by atoms with E-state index in [1.807, 2.05) is 6.08 Å². The molecule has 3 N–H and O–H groups in total. The number of nitrogens with two attached hydrogens (primary N) is 1. The van der Waals surface area contributed by atoms with Gasteiger partial charge in [-0.05, 0) is 43.9 Å². The van der Waals surface area contributed by atoms with Crippen molar-refractivity contribution in [3.63, 3.8) is 0 Å². The highest BCUT2D eigenvalue weighted by atomic mass is 19.1. The van der Waals surface area contributed by atoms with E-state index < -0.39 is 0 Å². The molecule has 1 unspecified atom stereocenters. The van der Waals surface area contributed by atoms with Crippen LogP contribution in [0.25, 0.3) is 0 Å². The van der Waals surface area contributed by atoms with E-state index in [0.717, 1.165) is 31.6 Å². The standard InChI is InChI=1S/C16H28FN3/c1-12(2)16(19-11-5-10-18)20-15-9-8-14(17)7-4-6-13(15)3/h7-9,12-13,15H,4-6,10-11,18H2,1-3H3,(H,19,20)/b9-8-,14-7?/t13-,15?/m0/s1. The fraction of sp³-hybridized carbons (Fsp3) is 0.688. The van der Waals surface area contributed by atoms with Gasteiger partial charge in [0.1, 0.15) is 5.83 Å². The summed E-state index contributed by atoms with van der Waals surface area (Å²) in [7, 11) is 0. The normalized spacial score (nSPS) is 25.9. The smallest absolute Gasteiger partial charge is 0.118 e. The molecule has 20 heavy (non-hydrogen) atoms. The molecule has 0 saturated heterocycles. The van der Waals surface area contributed by atoms with Crippen molar-refractivity contribution >= 4 is 5.84 Å². The van der Waals surface area contributed by atoms with Gasteiger partial charge in [0.15, 0.2) is 0 Å². The van der Waals surface area contributed by atoms with Crippen LogP contribution in [0.1, 0.15) is 40.0 Å². The predicted octanol–water partition coefficient (Wildman–Crippen LogP) is 3.19. The maximum Gasteiger partial charge on any atom is 0.118 e. The van der Waals surface area contributed by atoms with E-state index in [0.29, 0.717) is 18.4 Å².